The minimum atomic E-state index is 0.0629. The minimum Gasteiger partial charge on any atom is -0.378 e. The molecule has 150 valence electrons. The van der Waals surface area contributed by atoms with Crippen LogP contribution in [-0.4, -0.2) is 56.5 Å². The van der Waals surface area contributed by atoms with E-state index < -0.39 is 0 Å². The average molecular weight is 394 g/mol. The maximum atomic E-state index is 12.5. The predicted molar refractivity (Wildman–Crippen MR) is 106 cm³/mol. The number of carbonyl (C=O) groups is 1. The van der Waals surface area contributed by atoms with Crippen molar-refractivity contribution < 1.29 is 14.3 Å². The lowest BCUT2D eigenvalue weighted by Gasteiger charge is -2.26. The number of fused-ring (bicyclic) bond motifs is 1. The first-order chi connectivity index (χ1) is 13.3. The zero-order valence-corrected chi connectivity index (χ0v) is 16.9. The van der Waals surface area contributed by atoms with Crippen LogP contribution in [0.3, 0.4) is 0 Å². The Balaban J connectivity index is 1.20. The lowest BCUT2D eigenvalue weighted by Crippen LogP contribution is -2.36. The summed E-state index contributed by atoms with van der Waals surface area (Å²) in [6, 6.07) is 0. The molecule has 6 nitrogen and oxygen atoms in total. The van der Waals surface area contributed by atoms with Crippen molar-refractivity contribution in [1.82, 2.24) is 10.3 Å². The van der Waals surface area contributed by atoms with E-state index >= 15 is 0 Å². The van der Waals surface area contributed by atoms with Gasteiger partial charge in [-0.3, -0.25) is 4.79 Å². The van der Waals surface area contributed by atoms with Gasteiger partial charge in [0.1, 0.15) is 0 Å². The van der Waals surface area contributed by atoms with Crippen molar-refractivity contribution in [2.24, 2.45) is 5.92 Å². The molecule has 1 unspecified atom stereocenters. The Hall–Kier alpha value is -1.18. The second kappa shape index (κ2) is 9.34. The number of morpholine rings is 1. The number of nitrogens with one attached hydrogen (secondary N) is 1. The van der Waals surface area contributed by atoms with Crippen molar-refractivity contribution in [3.05, 3.63) is 10.6 Å². The van der Waals surface area contributed by atoms with Gasteiger partial charge in [0, 0.05) is 43.5 Å². The molecule has 4 rings (SSSR count). The van der Waals surface area contributed by atoms with Gasteiger partial charge in [-0.25, -0.2) is 4.98 Å². The third kappa shape index (κ3) is 5.00. The fourth-order valence-corrected chi connectivity index (χ4v) is 5.37. The number of nitrogens with zero attached hydrogens (tertiary/aromatic N) is 2. The van der Waals surface area contributed by atoms with E-state index in [2.05, 4.69) is 10.2 Å². The first-order valence-electron chi connectivity index (χ1n) is 10.5. The summed E-state index contributed by atoms with van der Waals surface area (Å²) in [5, 5.41) is 4.21. The van der Waals surface area contributed by atoms with Crippen molar-refractivity contribution in [3.8, 4) is 0 Å². The molecule has 27 heavy (non-hydrogen) atoms. The molecule has 0 aromatic carbocycles. The standard InChI is InChI=1S/C20H31N3O3S/c24-19(21-8-3-11-26-16-4-1-2-5-16)15-6-7-18-17(14-15)22-20(27-18)23-9-12-25-13-10-23/h15-16H,1-14H2,(H,21,24). The van der Waals surface area contributed by atoms with E-state index in [0.717, 1.165) is 69.4 Å². The second-order valence-corrected chi connectivity index (χ2v) is 8.89. The van der Waals surface area contributed by atoms with Crippen molar-refractivity contribution in [1.29, 1.82) is 0 Å². The van der Waals surface area contributed by atoms with Crippen LogP contribution in [0.2, 0.25) is 0 Å². The number of hydrogen-bond donors (Lipinski definition) is 1. The normalized spacial score (nSPS) is 23.4. The number of aryl methyl sites for hydroxylation is 1. The maximum absolute atomic E-state index is 12.5. The largest absolute Gasteiger partial charge is 0.378 e. The number of anilines is 1. The van der Waals surface area contributed by atoms with Crippen LogP contribution < -0.4 is 10.2 Å². The van der Waals surface area contributed by atoms with Crippen LogP contribution in [0, 0.1) is 5.92 Å². The summed E-state index contributed by atoms with van der Waals surface area (Å²) >= 11 is 1.80. The molecule has 2 heterocycles. The number of ether oxygens (including phenoxy) is 2. The third-order valence-corrected chi connectivity index (χ3v) is 7.07. The van der Waals surface area contributed by atoms with E-state index in [4.69, 9.17) is 14.5 Å². The van der Waals surface area contributed by atoms with Gasteiger partial charge in [0.2, 0.25) is 5.91 Å². The molecule has 1 atom stereocenters. The zero-order chi connectivity index (χ0) is 18.5. The second-order valence-electron chi connectivity index (χ2n) is 7.83. The van der Waals surface area contributed by atoms with Crippen molar-refractivity contribution in [2.45, 2.75) is 57.5 Å². The van der Waals surface area contributed by atoms with Gasteiger partial charge in [0.15, 0.2) is 5.13 Å². The van der Waals surface area contributed by atoms with E-state index in [1.54, 1.807) is 11.3 Å². The lowest BCUT2D eigenvalue weighted by molar-refractivity contribution is -0.125. The van der Waals surface area contributed by atoms with Gasteiger partial charge in [0.25, 0.3) is 0 Å². The Morgan fingerprint density at radius 2 is 2.07 bits per heavy atom. The zero-order valence-electron chi connectivity index (χ0n) is 16.1. The van der Waals surface area contributed by atoms with Crippen LogP contribution in [0.5, 0.6) is 0 Å². The first-order valence-corrected chi connectivity index (χ1v) is 11.3. The molecule has 7 heteroatoms. The summed E-state index contributed by atoms with van der Waals surface area (Å²) < 4.78 is 11.3. The molecule has 0 bridgehead atoms. The van der Waals surface area contributed by atoms with Crippen molar-refractivity contribution in [2.75, 3.05) is 44.4 Å². The van der Waals surface area contributed by atoms with Crippen LogP contribution in [0.15, 0.2) is 0 Å². The fourth-order valence-electron chi connectivity index (χ4n) is 4.21. The Kier molecular flexibility index (Phi) is 6.63. The van der Waals surface area contributed by atoms with E-state index in [1.807, 2.05) is 0 Å². The maximum Gasteiger partial charge on any atom is 0.223 e. The summed E-state index contributed by atoms with van der Waals surface area (Å²) in [5.74, 6) is 0.246. The lowest BCUT2D eigenvalue weighted by atomic mass is 9.90. The summed E-state index contributed by atoms with van der Waals surface area (Å²) in [6.07, 6.45) is 9.06. The smallest absolute Gasteiger partial charge is 0.223 e. The van der Waals surface area contributed by atoms with Gasteiger partial charge >= 0.3 is 0 Å². The monoisotopic (exact) mass is 393 g/mol. The summed E-state index contributed by atoms with van der Waals surface area (Å²) in [6.45, 7) is 4.86. The Labute approximate surface area is 165 Å². The molecular weight excluding hydrogens is 362 g/mol. The number of aromatic nitrogens is 1. The minimum absolute atomic E-state index is 0.0629. The highest BCUT2D eigenvalue weighted by Crippen LogP contribution is 2.34. The van der Waals surface area contributed by atoms with Gasteiger partial charge in [0.05, 0.1) is 25.0 Å². The molecule has 2 aliphatic carbocycles. The average Bonchev–Trinajstić information content (AvgIpc) is 3.37. The number of thiazole rings is 1. The molecule has 1 aliphatic heterocycles. The van der Waals surface area contributed by atoms with Gasteiger partial charge in [-0.05, 0) is 32.1 Å². The highest BCUT2D eigenvalue weighted by Gasteiger charge is 2.28. The molecule has 1 saturated carbocycles. The fraction of sp³-hybridized carbons (Fsp3) is 0.800. The summed E-state index contributed by atoms with van der Waals surface area (Å²) in [5.41, 5.74) is 1.14. The molecule has 1 saturated heterocycles. The van der Waals surface area contributed by atoms with Crippen LogP contribution in [0.25, 0.3) is 0 Å². The summed E-state index contributed by atoms with van der Waals surface area (Å²) in [4.78, 5) is 21.1. The molecule has 0 spiro atoms. The Bertz CT molecular complexity index is 624. The highest BCUT2D eigenvalue weighted by atomic mass is 32.1. The summed E-state index contributed by atoms with van der Waals surface area (Å²) in [7, 11) is 0. The molecule has 1 N–H and O–H groups in total. The number of carbonyl (C=O) groups excluding carboxylic acids is 1. The van der Waals surface area contributed by atoms with Crippen LogP contribution in [0.1, 0.15) is 49.1 Å². The van der Waals surface area contributed by atoms with Crippen LogP contribution in [0.4, 0.5) is 5.13 Å². The number of amides is 1. The van der Waals surface area contributed by atoms with Gasteiger partial charge in [-0.15, -0.1) is 11.3 Å². The van der Waals surface area contributed by atoms with Crippen molar-refractivity contribution >= 4 is 22.4 Å². The molecular formula is C20H31N3O3S. The van der Waals surface area contributed by atoms with Gasteiger partial charge < -0.3 is 19.7 Å². The first kappa shape index (κ1) is 19.2. The predicted octanol–water partition coefficient (Wildman–Crippen LogP) is 2.55. The molecule has 3 aliphatic rings. The quantitative estimate of drug-likeness (QED) is 0.722. The highest BCUT2D eigenvalue weighted by molar-refractivity contribution is 7.15. The molecule has 2 fully saturated rings. The molecule has 1 aromatic rings. The molecule has 0 radical (unpaired) electrons. The SMILES string of the molecule is O=C(NCCCOC1CCCC1)C1CCc2sc(N3CCOCC3)nc2C1. The molecule has 1 aromatic heterocycles. The Morgan fingerprint density at radius 3 is 2.89 bits per heavy atom. The van der Waals surface area contributed by atoms with E-state index in [0.29, 0.717) is 12.6 Å². The van der Waals surface area contributed by atoms with Crippen LogP contribution >= 0.6 is 11.3 Å². The third-order valence-electron chi connectivity index (χ3n) is 5.86. The van der Waals surface area contributed by atoms with E-state index in [9.17, 15) is 4.79 Å². The van der Waals surface area contributed by atoms with E-state index in [1.165, 1.54) is 30.6 Å². The Morgan fingerprint density at radius 1 is 1.26 bits per heavy atom. The van der Waals surface area contributed by atoms with E-state index in [-0.39, 0.29) is 11.8 Å². The molecule has 1 amide bonds. The van der Waals surface area contributed by atoms with Crippen molar-refractivity contribution in [3.63, 3.8) is 0 Å². The number of rotatable bonds is 7. The van der Waals surface area contributed by atoms with Crippen LogP contribution in [-0.2, 0) is 27.1 Å². The number of hydrogen-bond acceptors (Lipinski definition) is 6. The topological polar surface area (TPSA) is 63.7 Å². The van der Waals surface area contributed by atoms with Gasteiger partial charge in [-0.2, -0.15) is 0 Å². The van der Waals surface area contributed by atoms with Gasteiger partial charge in [-0.1, -0.05) is 12.8 Å².